The molecule has 0 aromatic heterocycles. The molecule has 4 aliphatic carbocycles. The van der Waals surface area contributed by atoms with Crippen LogP contribution in [0.1, 0.15) is 55.3 Å². The van der Waals surface area contributed by atoms with Crippen molar-refractivity contribution < 1.29 is 9.59 Å². The summed E-state index contributed by atoms with van der Waals surface area (Å²) in [6.07, 6.45) is 9.70. The van der Waals surface area contributed by atoms with E-state index in [1.54, 1.807) is 4.90 Å². The normalized spacial score (nSPS) is 34.0. The molecule has 0 spiro atoms. The number of hydrogen-bond donors (Lipinski definition) is 2. The molecule has 3 amide bonds. The maximum atomic E-state index is 12.5. The average molecular weight is 367 g/mol. The van der Waals surface area contributed by atoms with E-state index >= 15 is 0 Å². The molecule has 5 heteroatoms. The first-order valence-corrected chi connectivity index (χ1v) is 10.5. The third-order valence-corrected chi connectivity index (χ3v) is 7.40. The molecule has 1 saturated heterocycles. The molecule has 5 fully saturated rings. The largest absolute Gasteiger partial charge is 0.352 e. The predicted molar refractivity (Wildman–Crippen MR) is 105 cm³/mol. The summed E-state index contributed by atoms with van der Waals surface area (Å²) in [7, 11) is 0. The van der Waals surface area contributed by atoms with Gasteiger partial charge in [-0.15, -0.1) is 0 Å². The molecule has 4 bridgehead atoms. The molecule has 0 radical (unpaired) electrons. The molecule has 4 saturated carbocycles. The van der Waals surface area contributed by atoms with Crippen LogP contribution in [0.4, 0.5) is 10.5 Å². The average Bonchev–Trinajstić information content (AvgIpc) is 3.06. The van der Waals surface area contributed by atoms with Crippen molar-refractivity contribution in [2.24, 2.45) is 23.2 Å². The number of nitrogens with zero attached hydrogens (tertiary/aromatic N) is 1. The first-order chi connectivity index (χ1) is 13.1. The Kier molecular flexibility index (Phi) is 4.14. The van der Waals surface area contributed by atoms with Crippen molar-refractivity contribution >= 4 is 17.6 Å². The second kappa shape index (κ2) is 6.54. The van der Waals surface area contributed by atoms with Gasteiger partial charge in [-0.1, -0.05) is 0 Å². The summed E-state index contributed by atoms with van der Waals surface area (Å²) in [5, 5.41) is 5.94. The maximum Gasteiger partial charge on any atom is 0.321 e. The van der Waals surface area contributed by atoms with E-state index in [-0.39, 0.29) is 11.9 Å². The van der Waals surface area contributed by atoms with Crippen LogP contribution < -0.4 is 15.5 Å². The molecule has 27 heavy (non-hydrogen) atoms. The number of urea groups is 1. The summed E-state index contributed by atoms with van der Waals surface area (Å²) in [6, 6.07) is 7.29. The third-order valence-electron chi connectivity index (χ3n) is 7.40. The third kappa shape index (κ3) is 3.21. The Hall–Kier alpha value is -2.04. The minimum absolute atomic E-state index is 0.00264. The van der Waals surface area contributed by atoms with E-state index in [0.717, 1.165) is 36.4 Å². The Morgan fingerprint density at radius 1 is 1.07 bits per heavy atom. The second-order valence-corrected chi connectivity index (χ2v) is 9.35. The van der Waals surface area contributed by atoms with Crippen molar-refractivity contribution in [1.29, 1.82) is 0 Å². The number of hydrogen-bond acceptors (Lipinski definition) is 2. The van der Waals surface area contributed by atoms with Crippen LogP contribution >= 0.6 is 0 Å². The zero-order chi connectivity index (χ0) is 18.4. The second-order valence-electron chi connectivity index (χ2n) is 9.35. The van der Waals surface area contributed by atoms with Crippen LogP contribution in [0.15, 0.2) is 24.3 Å². The minimum Gasteiger partial charge on any atom is -0.352 e. The number of anilines is 1. The Morgan fingerprint density at radius 2 is 1.70 bits per heavy atom. The summed E-state index contributed by atoms with van der Waals surface area (Å²) in [5.41, 5.74) is 2.02. The van der Waals surface area contributed by atoms with Gasteiger partial charge in [0.25, 0.3) is 5.91 Å². The number of carbonyl (C=O) groups excluding carboxylic acids is 2. The molecular formula is C22H29N3O2. The minimum atomic E-state index is -0.0669. The van der Waals surface area contributed by atoms with Crippen molar-refractivity contribution in [3.8, 4) is 0 Å². The zero-order valence-electron chi connectivity index (χ0n) is 15.9. The first-order valence-electron chi connectivity index (χ1n) is 10.5. The quantitative estimate of drug-likeness (QED) is 0.836. The highest BCUT2D eigenvalue weighted by Gasteiger charge is 2.50. The Morgan fingerprint density at radius 3 is 2.26 bits per heavy atom. The summed E-state index contributed by atoms with van der Waals surface area (Å²) < 4.78 is 0. The topological polar surface area (TPSA) is 61.4 Å². The summed E-state index contributed by atoms with van der Waals surface area (Å²) in [6.45, 7) is 2.13. The van der Waals surface area contributed by atoms with Crippen LogP contribution in [-0.2, 0) is 0 Å². The van der Waals surface area contributed by atoms with E-state index in [1.807, 2.05) is 24.3 Å². The van der Waals surface area contributed by atoms with Crippen molar-refractivity contribution in [2.45, 2.75) is 44.9 Å². The highest BCUT2D eigenvalue weighted by molar-refractivity contribution is 5.96. The van der Waals surface area contributed by atoms with E-state index in [4.69, 9.17) is 0 Å². The monoisotopic (exact) mass is 367 g/mol. The molecule has 144 valence electrons. The zero-order valence-corrected chi connectivity index (χ0v) is 15.9. The molecular weight excluding hydrogens is 338 g/mol. The number of benzene rings is 1. The van der Waals surface area contributed by atoms with Crippen LogP contribution in [0.25, 0.3) is 0 Å². The summed E-state index contributed by atoms with van der Waals surface area (Å²) >= 11 is 0. The lowest BCUT2D eigenvalue weighted by molar-refractivity contribution is -0.0564. The lowest BCUT2D eigenvalue weighted by Gasteiger charge is -2.57. The van der Waals surface area contributed by atoms with Gasteiger partial charge < -0.3 is 10.6 Å². The molecule has 5 nitrogen and oxygen atoms in total. The van der Waals surface area contributed by atoms with Gasteiger partial charge in [0, 0.05) is 30.9 Å². The van der Waals surface area contributed by atoms with Crippen molar-refractivity contribution in [3.05, 3.63) is 29.8 Å². The van der Waals surface area contributed by atoms with Gasteiger partial charge in [0.15, 0.2) is 0 Å². The first kappa shape index (κ1) is 17.1. The van der Waals surface area contributed by atoms with Crippen LogP contribution in [-0.4, -0.2) is 31.6 Å². The fourth-order valence-electron chi connectivity index (χ4n) is 6.65. The lowest BCUT2D eigenvalue weighted by Crippen LogP contribution is -2.47. The van der Waals surface area contributed by atoms with Crippen molar-refractivity contribution in [3.63, 3.8) is 0 Å². The van der Waals surface area contributed by atoms with E-state index < -0.39 is 0 Å². The fourth-order valence-corrected chi connectivity index (χ4v) is 6.65. The van der Waals surface area contributed by atoms with Gasteiger partial charge in [0.1, 0.15) is 0 Å². The van der Waals surface area contributed by atoms with Crippen LogP contribution in [0, 0.1) is 23.2 Å². The number of amides is 3. The molecule has 2 N–H and O–H groups in total. The number of nitrogens with one attached hydrogen (secondary N) is 2. The van der Waals surface area contributed by atoms with Gasteiger partial charge >= 0.3 is 6.03 Å². The molecule has 5 aliphatic rings. The highest BCUT2D eigenvalue weighted by Crippen LogP contribution is 2.61. The standard InChI is InChI=1S/C22H29N3O2/c26-20(18-1-3-19(4-2-18)25-8-7-24-21(25)27)23-6-5-22-12-15-9-16(13-22)11-17(10-15)14-22/h1-4,15-17H,5-14H2,(H,23,26)(H,24,27). The lowest BCUT2D eigenvalue weighted by atomic mass is 9.49. The number of rotatable bonds is 5. The van der Waals surface area contributed by atoms with Crippen molar-refractivity contribution in [1.82, 2.24) is 10.6 Å². The van der Waals surface area contributed by atoms with Gasteiger partial charge in [-0.3, -0.25) is 9.69 Å². The SMILES string of the molecule is O=C(NCCC12CC3CC(CC(C3)C1)C2)c1ccc(N2CCNC2=O)cc1. The van der Waals surface area contributed by atoms with Crippen molar-refractivity contribution in [2.75, 3.05) is 24.5 Å². The van der Waals surface area contributed by atoms with Crippen LogP contribution in [0.2, 0.25) is 0 Å². The van der Waals surface area contributed by atoms with Crippen LogP contribution in [0.5, 0.6) is 0 Å². The van der Waals surface area contributed by atoms with E-state index in [1.165, 1.54) is 38.5 Å². The van der Waals surface area contributed by atoms with E-state index in [0.29, 0.717) is 24.1 Å². The Balaban J connectivity index is 1.16. The Bertz CT molecular complexity index is 707. The molecule has 6 rings (SSSR count). The maximum absolute atomic E-state index is 12.5. The number of carbonyl (C=O) groups is 2. The molecule has 1 aliphatic heterocycles. The van der Waals surface area contributed by atoms with E-state index in [9.17, 15) is 9.59 Å². The molecule has 1 aromatic carbocycles. The highest BCUT2D eigenvalue weighted by atomic mass is 16.2. The van der Waals surface area contributed by atoms with E-state index in [2.05, 4.69) is 10.6 Å². The molecule has 1 heterocycles. The molecule has 0 unspecified atom stereocenters. The fraction of sp³-hybridized carbons (Fsp3) is 0.636. The molecule has 0 atom stereocenters. The van der Waals surface area contributed by atoms with Gasteiger partial charge in [0.2, 0.25) is 0 Å². The molecule has 1 aromatic rings. The smallest absolute Gasteiger partial charge is 0.321 e. The van der Waals surface area contributed by atoms with Gasteiger partial charge in [-0.25, -0.2) is 4.79 Å². The van der Waals surface area contributed by atoms with Gasteiger partial charge in [-0.05, 0) is 92.4 Å². The summed E-state index contributed by atoms with van der Waals surface area (Å²) in [4.78, 5) is 26.0. The van der Waals surface area contributed by atoms with Gasteiger partial charge in [0.05, 0.1) is 0 Å². The summed E-state index contributed by atoms with van der Waals surface area (Å²) in [5.74, 6) is 2.88. The van der Waals surface area contributed by atoms with Gasteiger partial charge in [-0.2, -0.15) is 0 Å². The van der Waals surface area contributed by atoms with Crippen LogP contribution in [0.3, 0.4) is 0 Å². The predicted octanol–water partition coefficient (Wildman–Crippen LogP) is 3.55. The Labute approximate surface area is 160 Å².